The van der Waals surface area contributed by atoms with E-state index in [9.17, 15) is 13.6 Å². The quantitative estimate of drug-likeness (QED) is 0.831. The van der Waals surface area contributed by atoms with Gasteiger partial charge in [-0.3, -0.25) is 0 Å². The lowest BCUT2D eigenvalue weighted by atomic mass is 10.1. The van der Waals surface area contributed by atoms with Crippen molar-refractivity contribution in [1.29, 1.82) is 0 Å². The molecule has 0 unspecified atom stereocenters. The molecule has 2 aliphatic rings. The van der Waals surface area contributed by atoms with Gasteiger partial charge in [-0.05, 0) is 38.3 Å². The highest BCUT2D eigenvalue weighted by Gasteiger charge is 2.24. The molecule has 7 nitrogen and oxygen atoms in total. The van der Waals surface area contributed by atoms with Gasteiger partial charge in [0.15, 0.2) is 0 Å². The lowest BCUT2D eigenvalue weighted by Crippen LogP contribution is -2.50. The maximum Gasteiger partial charge on any atom is 0.322 e. The van der Waals surface area contributed by atoms with E-state index in [-0.39, 0.29) is 5.69 Å². The number of hydrogen-bond donors (Lipinski definition) is 1. The summed E-state index contributed by atoms with van der Waals surface area (Å²) in [5.41, 5.74) is -0.0265. The molecular weight excluding hydrogens is 390 g/mol. The predicted molar refractivity (Wildman–Crippen MR) is 112 cm³/mol. The van der Waals surface area contributed by atoms with Crippen LogP contribution in [0.1, 0.15) is 25.1 Å². The van der Waals surface area contributed by atoms with Gasteiger partial charge in [-0.2, -0.15) is 0 Å². The van der Waals surface area contributed by atoms with E-state index in [0.717, 1.165) is 42.7 Å². The van der Waals surface area contributed by atoms with Crippen molar-refractivity contribution in [2.75, 3.05) is 54.4 Å². The predicted octanol–water partition coefficient (Wildman–Crippen LogP) is 3.41. The molecule has 0 aliphatic carbocycles. The van der Waals surface area contributed by atoms with E-state index in [2.05, 4.69) is 25.1 Å². The number of aryl methyl sites for hydroxylation is 1. The standard InChI is InChI=1S/C21H26F2N6O/c1-15-24-19(27-7-3-2-4-8-27)14-20(25-15)28-9-11-29(12-10-28)21(30)26-18-6-5-16(22)13-17(18)23/h5-6,13-14H,2-4,7-12H2,1H3,(H,26,30). The van der Waals surface area contributed by atoms with E-state index < -0.39 is 17.7 Å². The van der Waals surface area contributed by atoms with Gasteiger partial charge in [-0.25, -0.2) is 23.5 Å². The zero-order valence-electron chi connectivity index (χ0n) is 17.1. The summed E-state index contributed by atoms with van der Waals surface area (Å²) in [6.07, 6.45) is 3.63. The second-order valence-corrected chi connectivity index (χ2v) is 7.71. The van der Waals surface area contributed by atoms with Crippen LogP contribution in [0.4, 0.5) is 30.9 Å². The van der Waals surface area contributed by atoms with Crippen molar-refractivity contribution in [2.24, 2.45) is 0 Å². The lowest BCUT2D eigenvalue weighted by molar-refractivity contribution is 0.208. The fourth-order valence-corrected chi connectivity index (χ4v) is 3.91. The van der Waals surface area contributed by atoms with Crippen molar-refractivity contribution in [2.45, 2.75) is 26.2 Å². The van der Waals surface area contributed by atoms with Gasteiger partial charge in [-0.15, -0.1) is 0 Å². The molecule has 0 radical (unpaired) electrons. The Labute approximate surface area is 174 Å². The molecule has 3 heterocycles. The molecule has 0 spiro atoms. The van der Waals surface area contributed by atoms with Crippen LogP contribution >= 0.6 is 0 Å². The van der Waals surface area contributed by atoms with Crippen LogP contribution < -0.4 is 15.1 Å². The van der Waals surface area contributed by atoms with Crippen molar-refractivity contribution in [3.05, 3.63) is 41.7 Å². The number of carbonyl (C=O) groups is 1. The first-order chi connectivity index (χ1) is 14.5. The summed E-state index contributed by atoms with van der Waals surface area (Å²) < 4.78 is 26.8. The third-order valence-electron chi connectivity index (χ3n) is 5.55. The van der Waals surface area contributed by atoms with E-state index >= 15 is 0 Å². The second kappa shape index (κ2) is 8.81. The molecule has 4 rings (SSSR count). The first-order valence-electron chi connectivity index (χ1n) is 10.4. The number of urea groups is 1. The minimum absolute atomic E-state index is 0.0265. The lowest BCUT2D eigenvalue weighted by Gasteiger charge is -2.36. The normalized spacial score (nSPS) is 17.2. The van der Waals surface area contributed by atoms with Crippen LogP contribution in [-0.4, -0.2) is 60.2 Å². The highest BCUT2D eigenvalue weighted by Crippen LogP contribution is 2.23. The molecule has 1 aromatic carbocycles. The summed E-state index contributed by atoms with van der Waals surface area (Å²) in [6.45, 7) is 6.14. The Morgan fingerprint density at radius 1 is 0.900 bits per heavy atom. The van der Waals surface area contributed by atoms with Crippen LogP contribution in [0.5, 0.6) is 0 Å². The molecule has 30 heavy (non-hydrogen) atoms. The zero-order valence-corrected chi connectivity index (χ0v) is 17.1. The molecule has 2 aromatic rings. The molecule has 9 heteroatoms. The SMILES string of the molecule is Cc1nc(N2CCCCC2)cc(N2CCN(C(=O)Nc3ccc(F)cc3F)CC2)n1. The summed E-state index contributed by atoms with van der Waals surface area (Å²) in [4.78, 5) is 27.7. The van der Waals surface area contributed by atoms with E-state index in [4.69, 9.17) is 0 Å². The smallest absolute Gasteiger partial charge is 0.322 e. The molecule has 2 amide bonds. The van der Waals surface area contributed by atoms with E-state index in [1.165, 1.54) is 25.3 Å². The third-order valence-corrected chi connectivity index (χ3v) is 5.55. The van der Waals surface area contributed by atoms with Crippen LogP contribution in [-0.2, 0) is 0 Å². The van der Waals surface area contributed by atoms with Gasteiger partial charge in [0.2, 0.25) is 0 Å². The topological polar surface area (TPSA) is 64.6 Å². The summed E-state index contributed by atoms with van der Waals surface area (Å²) in [7, 11) is 0. The Hall–Kier alpha value is -2.97. The summed E-state index contributed by atoms with van der Waals surface area (Å²) >= 11 is 0. The molecule has 0 bridgehead atoms. The van der Waals surface area contributed by atoms with Crippen molar-refractivity contribution >= 4 is 23.4 Å². The highest BCUT2D eigenvalue weighted by atomic mass is 19.1. The maximum absolute atomic E-state index is 13.8. The van der Waals surface area contributed by atoms with E-state index in [0.29, 0.717) is 26.2 Å². The number of piperidine rings is 1. The van der Waals surface area contributed by atoms with Crippen molar-refractivity contribution in [3.8, 4) is 0 Å². The number of benzene rings is 1. The highest BCUT2D eigenvalue weighted by molar-refractivity contribution is 5.89. The average molecular weight is 416 g/mol. The molecule has 2 saturated heterocycles. The molecule has 1 aromatic heterocycles. The number of carbonyl (C=O) groups excluding carboxylic acids is 1. The van der Waals surface area contributed by atoms with Gasteiger partial charge in [-0.1, -0.05) is 0 Å². The molecule has 1 N–H and O–H groups in total. The summed E-state index contributed by atoms with van der Waals surface area (Å²) in [6, 6.07) is 4.74. The Balaban J connectivity index is 1.38. The number of halogens is 2. The molecule has 2 aliphatic heterocycles. The number of nitrogens with one attached hydrogen (secondary N) is 1. The van der Waals surface area contributed by atoms with Gasteiger partial charge in [0.1, 0.15) is 29.1 Å². The number of nitrogens with zero attached hydrogens (tertiary/aromatic N) is 5. The number of hydrogen-bond acceptors (Lipinski definition) is 5. The van der Waals surface area contributed by atoms with Crippen LogP contribution in [0.2, 0.25) is 0 Å². The number of anilines is 3. The third kappa shape index (κ3) is 4.60. The summed E-state index contributed by atoms with van der Waals surface area (Å²) in [5.74, 6) is 1.10. The molecule has 2 fully saturated rings. The zero-order chi connectivity index (χ0) is 21.1. The minimum atomic E-state index is -0.788. The molecule has 0 atom stereocenters. The Bertz CT molecular complexity index is 910. The second-order valence-electron chi connectivity index (χ2n) is 7.71. The first-order valence-corrected chi connectivity index (χ1v) is 10.4. The fraction of sp³-hybridized carbons (Fsp3) is 0.476. The molecule has 0 saturated carbocycles. The minimum Gasteiger partial charge on any atom is -0.356 e. The average Bonchev–Trinajstić information content (AvgIpc) is 2.76. The number of amides is 2. The van der Waals surface area contributed by atoms with Gasteiger partial charge < -0.3 is 20.0 Å². The van der Waals surface area contributed by atoms with Crippen LogP contribution in [0.25, 0.3) is 0 Å². The summed E-state index contributed by atoms with van der Waals surface area (Å²) in [5, 5.41) is 2.52. The first kappa shape index (κ1) is 20.3. The Morgan fingerprint density at radius 2 is 1.53 bits per heavy atom. The van der Waals surface area contributed by atoms with E-state index in [1.54, 1.807) is 4.90 Å². The van der Waals surface area contributed by atoms with E-state index in [1.807, 2.05) is 13.0 Å². The van der Waals surface area contributed by atoms with Crippen LogP contribution in [0, 0.1) is 18.6 Å². The van der Waals surface area contributed by atoms with Crippen molar-refractivity contribution in [1.82, 2.24) is 14.9 Å². The van der Waals surface area contributed by atoms with Crippen molar-refractivity contribution in [3.63, 3.8) is 0 Å². The Morgan fingerprint density at radius 3 is 2.17 bits per heavy atom. The monoisotopic (exact) mass is 416 g/mol. The maximum atomic E-state index is 13.8. The van der Waals surface area contributed by atoms with Crippen LogP contribution in [0.3, 0.4) is 0 Å². The molecular formula is C21H26F2N6O. The van der Waals surface area contributed by atoms with Gasteiger partial charge >= 0.3 is 6.03 Å². The number of rotatable bonds is 3. The van der Waals surface area contributed by atoms with Gasteiger partial charge in [0.05, 0.1) is 5.69 Å². The van der Waals surface area contributed by atoms with Gasteiger partial charge in [0.25, 0.3) is 0 Å². The largest absolute Gasteiger partial charge is 0.356 e. The fourth-order valence-electron chi connectivity index (χ4n) is 3.91. The molecule has 160 valence electrons. The number of piperazine rings is 1. The van der Waals surface area contributed by atoms with Crippen molar-refractivity contribution < 1.29 is 13.6 Å². The van der Waals surface area contributed by atoms with Gasteiger partial charge in [0, 0.05) is 51.4 Å². The van der Waals surface area contributed by atoms with Crippen LogP contribution in [0.15, 0.2) is 24.3 Å². The Kier molecular flexibility index (Phi) is 5.96. The number of aromatic nitrogens is 2.